The maximum Gasteiger partial charge on any atom is 0.243 e. The van der Waals surface area contributed by atoms with Gasteiger partial charge in [-0.1, -0.05) is 6.92 Å². The predicted octanol–water partition coefficient (Wildman–Crippen LogP) is 3.49. The number of benzene rings is 2. The number of anilines is 1. The van der Waals surface area contributed by atoms with E-state index in [0.29, 0.717) is 56.0 Å². The van der Waals surface area contributed by atoms with Crippen LogP contribution in [0.15, 0.2) is 47.4 Å². The van der Waals surface area contributed by atoms with Crippen molar-refractivity contribution >= 4 is 21.6 Å². The number of nitrogens with zero attached hydrogens (tertiary/aromatic N) is 1. The van der Waals surface area contributed by atoms with Crippen molar-refractivity contribution in [2.24, 2.45) is 11.8 Å². The monoisotopic (exact) mass is 460 g/mol. The van der Waals surface area contributed by atoms with Crippen LogP contribution in [-0.2, 0) is 19.6 Å². The molecule has 172 valence electrons. The minimum atomic E-state index is -3.71. The van der Waals surface area contributed by atoms with Crippen molar-refractivity contribution < 1.29 is 27.4 Å². The Balaban J connectivity index is 1.61. The molecule has 1 aliphatic carbocycles. The van der Waals surface area contributed by atoms with E-state index in [2.05, 4.69) is 5.32 Å². The van der Waals surface area contributed by atoms with Gasteiger partial charge in [-0.3, -0.25) is 4.79 Å². The summed E-state index contributed by atoms with van der Waals surface area (Å²) in [6, 6.07) is 11.7. The number of hydrogen-bond donors (Lipinski definition) is 1. The molecule has 4 rings (SSSR count). The lowest BCUT2D eigenvalue weighted by Crippen LogP contribution is -2.40. The summed E-state index contributed by atoms with van der Waals surface area (Å²) in [6.45, 7) is 5.81. The molecule has 2 aromatic carbocycles. The fourth-order valence-electron chi connectivity index (χ4n) is 3.60. The van der Waals surface area contributed by atoms with Gasteiger partial charge in [0.2, 0.25) is 15.9 Å². The second-order valence-corrected chi connectivity index (χ2v) is 9.93. The third-order valence-electron chi connectivity index (χ3n) is 5.63. The number of rotatable bonds is 8. The highest BCUT2D eigenvalue weighted by Gasteiger charge is 2.39. The molecule has 0 spiro atoms. The number of morpholine rings is 1. The molecule has 2 aliphatic rings. The summed E-state index contributed by atoms with van der Waals surface area (Å²) in [6.07, 6.45) is 0.826. The van der Waals surface area contributed by atoms with Gasteiger partial charge in [-0.05, 0) is 61.7 Å². The van der Waals surface area contributed by atoms with Gasteiger partial charge in [-0.25, -0.2) is 8.42 Å². The van der Waals surface area contributed by atoms with Crippen LogP contribution < -0.4 is 14.8 Å². The smallest absolute Gasteiger partial charge is 0.243 e. The molecule has 0 unspecified atom stereocenters. The number of nitrogens with one attached hydrogen (secondary N) is 1. The first-order valence-corrected chi connectivity index (χ1v) is 12.3. The lowest BCUT2D eigenvalue weighted by molar-refractivity contribution is -0.117. The zero-order valence-electron chi connectivity index (χ0n) is 18.2. The zero-order valence-corrected chi connectivity index (χ0v) is 19.1. The average molecular weight is 461 g/mol. The summed E-state index contributed by atoms with van der Waals surface area (Å²) in [5.41, 5.74) is 0.331. The van der Waals surface area contributed by atoms with Gasteiger partial charge in [-0.2, -0.15) is 4.31 Å². The molecule has 1 aliphatic heterocycles. The topological polar surface area (TPSA) is 94.2 Å². The fourth-order valence-corrected chi connectivity index (χ4v) is 5.04. The van der Waals surface area contributed by atoms with E-state index in [9.17, 15) is 13.2 Å². The molecule has 0 radical (unpaired) electrons. The molecule has 1 N–H and O–H groups in total. The van der Waals surface area contributed by atoms with Crippen LogP contribution in [0.25, 0.3) is 0 Å². The Morgan fingerprint density at radius 2 is 1.78 bits per heavy atom. The maximum atomic E-state index is 13.1. The first-order chi connectivity index (χ1) is 15.4. The summed E-state index contributed by atoms with van der Waals surface area (Å²) >= 11 is 0. The van der Waals surface area contributed by atoms with Gasteiger partial charge < -0.3 is 19.5 Å². The quantitative estimate of drug-likeness (QED) is 0.648. The van der Waals surface area contributed by atoms with Crippen LogP contribution in [0.4, 0.5) is 5.69 Å². The molecule has 2 fully saturated rings. The van der Waals surface area contributed by atoms with Gasteiger partial charge in [0.1, 0.15) is 11.5 Å². The van der Waals surface area contributed by atoms with Gasteiger partial charge in [0, 0.05) is 19.0 Å². The summed E-state index contributed by atoms with van der Waals surface area (Å²) in [5, 5.41) is 2.87. The van der Waals surface area contributed by atoms with Crippen LogP contribution in [0.5, 0.6) is 17.2 Å². The Labute approximate surface area is 188 Å². The van der Waals surface area contributed by atoms with E-state index in [4.69, 9.17) is 14.2 Å². The Kier molecular flexibility index (Phi) is 6.68. The van der Waals surface area contributed by atoms with Crippen molar-refractivity contribution in [2.45, 2.75) is 25.2 Å². The van der Waals surface area contributed by atoms with Crippen molar-refractivity contribution in [3.63, 3.8) is 0 Å². The summed E-state index contributed by atoms with van der Waals surface area (Å²) in [4.78, 5) is 12.7. The first-order valence-electron chi connectivity index (χ1n) is 10.8. The Hall–Kier alpha value is -2.62. The zero-order chi connectivity index (χ0) is 22.7. The van der Waals surface area contributed by atoms with E-state index < -0.39 is 10.0 Å². The molecular weight excluding hydrogens is 432 g/mol. The maximum absolute atomic E-state index is 13.1. The van der Waals surface area contributed by atoms with Crippen LogP contribution in [0.2, 0.25) is 0 Å². The van der Waals surface area contributed by atoms with E-state index in [1.807, 2.05) is 13.8 Å². The van der Waals surface area contributed by atoms with Gasteiger partial charge >= 0.3 is 0 Å². The Morgan fingerprint density at radius 3 is 2.41 bits per heavy atom. The van der Waals surface area contributed by atoms with Crippen LogP contribution >= 0.6 is 0 Å². The number of amides is 1. The minimum absolute atomic E-state index is 0.0622. The molecule has 2 atom stereocenters. The Bertz CT molecular complexity index is 1060. The van der Waals surface area contributed by atoms with Crippen molar-refractivity contribution in [2.75, 3.05) is 38.2 Å². The normalized spacial score (nSPS) is 21.1. The molecular formula is C23H28N2O6S. The van der Waals surface area contributed by atoms with E-state index in [1.165, 1.54) is 16.4 Å². The fraction of sp³-hybridized carbons (Fsp3) is 0.435. The molecule has 9 heteroatoms. The summed E-state index contributed by atoms with van der Waals surface area (Å²) in [7, 11) is -3.71. The molecule has 1 saturated heterocycles. The molecule has 8 nitrogen and oxygen atoms in total. The van der Waals surface area contributed by atoms with Crippen molar-refractivity contribution in [3.8, 4) is 17.2 Å². The van der Waals surface area contributed by atoms with Gasteiger partial charge in [0.05, 0.1) is 30.4 Å². The number of carbonyl (C=O) groups is 1. The minimum Gasteiger partial charge on any atom is -0.494 e. The third kappa shape index (κ3) is 5.06. The number of ether oxygens (including phenoxy) is 3. The summed E-state index contributed by atoms with van der Waals surface area (Å²) < 4.78 is 44.3. The second-order valence-electron chi connectivity index (χ2n) is 7.99. The highest BCUT2D eigenvalue weighted by Crippen LogP contribution is 2.40. The molecule has 2 aromatic rings. The van der Waals surface area contributed by atoms with Crippen molar-refractivity contribution in [1.29, 1.82) is 0 Å². The van der Waals surface area contributed by atoms with Gasteiger partial charge in [-0.15, -0.1) is 0 Å². The van der Waals surface area contributed by atoms with E-state index in [-0.39, 0.29) is 16.7 Å². The van der Waals surface area contributed by atoms with Crippen LogP contribution in [0, 0.1) is 11.8 Å². The number of hydrogen-bond acceptors (Lipinski definition) is 6. The second kappa shape index (κ2) is 9.48. The number of carbonyl (C=O) groups excluding carboxylic acids is 1. The molecule has 1 amide bonds. The van der Waals surface area contributed by atoms with E-state index in [1.54, 1.807) is 30.3 Å². The van der Waals surface area contributed by atoms with Gasteiger partial charge in [0.15, 0.2) is 5.75 Å². The largest absolute Gasteiger partial charge is 0.494 e. The Morgan fingerprint density at radius 1 is 1.12 bits per heavy atom. The molecule has 0 aromatic heterocycles. The van der Waals surface area contributed by atoms with E-state index >= 15 is 0 Å². The molecule has 32 heavy (non-hydrogen) atoms. The molecule has 0 bridgehead atoms. The lowest BCUT2D eigenvalue weighted by Gasteiger charge is -2.26. The average Bonchev–Trinajstić information content (AvgIpc) is 3.53. The van der Waals surface area contributed by atoms with Crippen LogP contribution in [0.3, 0.4) is 0 Å². The first kappa shape index (κ1) is 22.6. The predicted molar refractivity (Wildman–Crippen MR) is 120 cm³/mol. The van der Waals surface area contributed by atoms with Gasteiger partial charge in [0.25, 0.3) is 0 Å². The standard InChI is InChI=1S/C23H28N2O6S/c1-3-30-17-4-6-18(7-5-17)31-22-9-8-19(32(27,28)25-10-12-29-13-11-25)15-21(22)24-23(26)20-14-16(20)2/h4-9,15-16,20H,3,10-14H2,1-2H3,(H,24,26)/t16-,20-/m1/s1. The van der Waals surface area contributed by atoms with Crippen LogP contribution in [0.1, 0.15) is 20.3 Å². The van der Waals surface area contributed by atoms with Crippen LogP contribution in [-0.4, -0.2) is 51.5 Å². The number of sulfonamides is 1. The van der Waals surface area contributed by atoms with E-state index in [0.717, 1.165) is 12.2 Å². The molecule has 1 heterocycles. The van der Waals surface area contributed by atoms with Crippen molar-refractivity contribution in [3.05, 3.63) is 42.5 Å². The summed E-state index contributed by atoms with van der Waals surface area (Å²) in [5.74, 6) is 1.78. The molecule has 1 saturated carbocycles. The highest BCUT2D eigenvalue weighted by atomic mass is 32.2. The van der Waals surface area contributed by atoms with Crippen molar-refractivity contribution in [1.82, 2.24) is 4.31 Å². The lowest BCUT2D eigenvalue weighted by atomic mass is 10.2. The SMILES string of the molecule is CCOc1ccc(Oc2ccc(S(=O)(=O)N3CCOCC3)cc2NC(=O)[C@@H]2C[C@H]2C)cc1. The third-order valence-corrected chi connectivity index (χ3v) is 7.52. The highest BCUT2D eigenvalue weighted by molar-refractivity contribution is 7.89.